The third-order valence-corrected chi connectivity index (χ3v) is 13.5. The Morgan fingerprint density at radius 1 is 0.714 bits per heavy atom. The van der Waals surface area contributed by atoms with Gasteiger partial charge in [-0.15, -0.1) is 0 Å². The SMILES string of the molecule is CC(C)=CCC/C(C)=C/CC[C@@]1(C)Oc2c(c(O)cc3c2CN([C@@H](CCCN2Cc4c(cc(O)c5c4O[C@](C)(CC/C=C(\C)CCC=C(C)C)[C@H](O)C5)C2=O)C(=O)O)C3=O)CC1O. The molecule has 63 heavy (non-hydrogen) atoms. The Labute approximate surface area is 372 Å². The number of ether oxygens (including phenoxy) is 2. The number of aromatic hydroxyl groups is 2. The molecule has 2 aromatic rings. The van der Waals surface area contributed by atoms with Crippen LogP contribution in [0, 0.1) is 0 Å². The maximum absolute atomic E-state index is 13.9. The second kappa shape index (κ2) is 19.4. The molecule has 5 N–H and O–H groups in total. The van der Waals surface area contributed by atoms with E-state index in [4.69, 9.17) is 9.47 Å². The van der Waals surface area contributed by atoms with Crippen LogP contribution in [0.1, 0.15) is 163 Å². The van der Waals surface area contributed by atoms with E-state index in [0.29, 0.717) is 65.0 Å². The van der Waals surface area contributed by atoms with E-state index in [1.54, 1.807) is 4.90 Å². The molecule has 12 heteroatoms. The zero-order valence-electron chi connectivity index (χ0n) is 38.5. The number of carboxylic acids is 1. The first-order valence-electron chi connectivity index (χ1n) is 22.6. The average Bonchev–Trinajstić information content (AvgIpc) is 3.69. The first-order chi connectivity index (χ1) is 29.7. The van der Waals surface area contributed by atoms with Crippen molar-refractivity contribution in [3.63, 3.8) is 0 Å². The topological polar surface area (TPSA) is 177 Å². The van der Waals surface area contributed by atoms with E-state index in [1.807, 2.05) is 13.8 Å². The van der Waals surface area contributed by atoms with Crippen molar-refractivity contribution in [3.8, 4) is 23.0 Å². The number of phenols is 2. The number of aliphatic carboxylic acids is 1. The van der Waals surface area contributed by atoms with Gasteiger partial charge in [0.1, 0.15) is 40.2 Å². The molecule has 0 aliphatic carbocycles. The molecule has 4 aliphatic heterocycles. The van der Waals surface area contributed by atoms with Crippen LogP contribution in [0.15, 0.2) is 58.7 Å². The highest BCUT2D eigenvalue weighted by molar-refractivity contribution is 6.02. The Hall–Kier alpha value is -5.07. The number of hydrogen-bond acceptors (Lipinski definition) is 9. The lowest BCUT2D eigenvalue weighted by atomic mass is 9.84. The van der Waals surface area contributed by atoms with E-state index in [0.717, 1.165) is 25.7 Å². The number of carbonyl (C=O) groups excluding carboxylic acids is 2. The molecular formula is C51H68N2O10. The molecule has 2 aromatic carbocycles. The zero-order valence-corrected chi connectivity index (χ0v) is 38.5. The molecule has 4 heterocycles. The monoisotopic (exact) mass is 868 g/mol. The van der Waals surface area contributed by atoms with Crippen molar-refractivity contribution >= 4 is 17.8 Å². The van der Waals surface area contributed by atoms with E-state index in [9.17, 15) is 39.9 Å². The second-order valence-electron chi connectivity index (χ2n) is 19.2. The van der Waals surface area contributed by atoms with Gasteiger partial charge in [0.05, 0.1) is 36.4 Å². The summed E-state index contributed by atoms with van der Waals surface area (Å²) in [7, 11) is 0. The van der Waals surface area contributed by atoms with E-state index in [1.165, 1.54) is 39.3 Å². The standard InChI is InChI=1S/C51H68N2O10/c1-30(2)14-9-16-32(5)18-11-21-50(7)43(56)26-36-41(54)24-34-38(45(36)62-50)28-52(47(34)58)23-13-20-40(49(60)61)53-29-39-35(48(53)59)25-42(55)37-27-44(57)51(8,63-46(37)39)22-12-19-33(6)17-10-15-31(3)4/h14-15,18-19,24-25,40,43-44,54-57H,9-13,16-17,20-23,26-29H2,1-8H3,(H,60,61)/b32-18+,33-19+/t40-,43+,44?,50+,51+/m0/s1. The molecule has 0 saturated heterocycles. The summed E-state index contributed by atoms with van der Waals surface area (Å²) >= 11 is 0. The highest BCUT2D eigenvalue weighted by Gasteiger charge is 2.47. The molecule has 0 saturated carbocycles. The fraction of sp³-hybridized carbons (Fsp3) is 0.549. The van der Waals surface area contributed by atoms with Gasteiger partial charge in [-0.25, -0.2) is 4.79 Å². The summed E-state index contributed by atoms with van der Waals surface area (Å²) in [6.07, 6.45) is 13.8. The fourth-order valence-electron chi connectivity index (χ4n) is 9.40. The normalized spacial score (nSPS) is 23.3. The van der Waals surface area contributed by atoms with E-state index >= 15 is 0 Å². The lowest BCUT2D eigenvalue weighted by molar-refractivity contribution is -0.142. The molecule has 0 aromatic heterocycles. The summed E-state index contributed by atoms with van der Waals surface area (Å²) in [6, 6.07) is 1.55. The third-order valence-electron chi connectivity index (χ3n) is 13.5. The smallest absolute Gasteiger partial charge is 0.326 e. The van der Waals surface area contributed by atoms with E-state index in [-0.39, 0.29) is 68.3 Å². The van der Waals surface area contributed by atoms with Gasteiger partial charge in [0.2, 0.25) is 0 Å². The minimum Gasteiger partial charge on any atom is -0.508 e. The van der Waals surface area contributed by atoms with Crippen LogP contribution in [-0.4, -0.2) is 89.1 Å². The number of benzene rings is 2. The second-order valence-corrected chi connectivity index (χ2v) is 19.2. The summed E-state index contributed by atoms with van der Waals surface area (Å²) in [5, 5.41) is 55.0. The minimum absolute atomic E-state index is 0.0456. The first kappa shape index (κ1) is 47.4. The maximum Gasteiger partial charge on any atom is 0.326 e. The Balaban J connectivity index is 1.11. The van der Waals surface area contributed by atoms with E-state index < -0.39 is 41.3 Å². The number of aliphatic hydroxyl groups is 2. The number of rotatable bonds is 18. The molecular weight excluding hydrogens is 801 g/mol. The minimum atomic E-state index is -1.23. The van der Waals surface area contributed by atoms with Crippen molar-refractivity contribution in [3.05, 3.63) is 92.1 Å². The number of fused-ring (bicyclic) bond motifs is 6. The average molecular weight is 869 g/mol. The zero-order chi connectivity index (χ0) is 46.0. The lowest BCUT2D eigenvalue weighted by Gasteiger charge is -2.41. The fourth-order valence-corrected chi connectivity index (χ4v) is 9.40. The number of nitrogens with zero attached hydrogens (tertiary/aromatic N) is 2. The Morgan fingerprint density at radius 3 is 1.63 bits per heavy atom. The molecule has 0 fully saturated rings. The van der Waals surface area contributed by atoms with Crippen LogP contribution >= 0.6 is 0 Å². The summed E-state index contributed by atoms with van der Waals surface area (Å²) in [4.78, 5) is 43.4. The van der Waals surface area contributed by atoms with Crippen molar-refractivity contribution in [2.45, 2.75) is 175 Å². The predicted octanol–water partition coefficient (Wildman–Crippen LogP) is 9.00. The molecule has 0 radical (unpaired) electrons. The Kier molecular flexibility index (Phi) is 14.6. The highest BCUT2D eigenvalue weighted by atomic mass is 16.5. The van der Waals surface area contributed by atoms with Crippen LogP contribution in [0.2, 0.25) is 0 Å². The quantitative estimate of drug-likeness (QED) is 0.0909. The summed E-state index contributed by atoms with van der Waals surface area (Å²) < 4.78 is 13.1. The van der Waals surface area contributed by atoms with Crippen molar-refractivity contribution in [2.24, 2.45) is 0 Å². The molecule has 4 aliphatic rings. The van der Waals surface area contributed by atoms with Crippen molar-refractivity contribution < 1.29 is 49.4 Å². The number of carboxylic acid groups (broad SMARTS) is 1. The third kappa shape index (κ3) is 10.3. The summed E-state index contributed by atoms with van der Waals surface area (Å²) in [6.45, 7) is 16.5. The van der Waals surface area contributed by atoms with Gasteiger partial charge in [-0.2, -0.15) is 0 Å². The largest absolute Gasteiger partial charge is 0.508 e. The van der Waals surface area contributed by atoms with Crippen molar-refractivity contribution in [1.29, 1.82) is 0 Å². The van der Waals surface area contributed by atoms with Crippen molar-refractivity contribution in [2.75, 3.05) is 6.54 Å². The van der Waals surface area contributed by atoms with Gasteiger partial charge < -0.3 is 44.8 Å². The van der Waals surface area contributed by atoms with Crippen LogP contribution in [0.3, 0.4) is 0 Å². The van der Waals surface area contributed by atoms with E-state index in [2.05, 4.69) is 65.8 Å². The highest BCUT2D eigenvalue weighted by Crippen LogP contribution is 2.48. The first-order valence-corrected chi connectivity index (χ1v) is 22.6. The number of allylic oxidation sites excluding steroid dienone is 8. The van der Waals surface area contributed by atoms with Gasteiger partial charge in [0, 0.05) is 41.6 Å². The molecule has 0 bridgehead atoms. The molecule has 0 spiro atoms. The van der Waals surface area contributed by atoms with Crippen LogP contribution in [0.25, 0.3) is 0 Å². The number of hydrogen-bond donors (Lipinski definition) is 5. The Morgan fingerprint density at radius 2 is 1.17 bits per heavy atom. The van der Waals surface area contributed by atoms with Crippen LogP contribution in [0.5, 0.6) is 23.0 Å². The molecule has 342 valence electrons. The molecule has 6 rings (SSSR count). The molecule has 5 atom stereocenters. The number of phenolic OH excluding ortho intramolecular Hbond substituents is 2. The number of aliphatic hydroxyl groups excluding tert-OH is 2. The van der Waals surface area contributed by atoms with Gasteiger partial charge >= 0.3 is 5.97 Å². The van der Waals surface area contributed by atoms with Gasteiger partial charge in [0.25, 0.3) is 11.8 Å². The number of carbonyl (C=O) groups is 3. The molecule has 12 nitrogen and oxygen atoms in total. The van der Waals surface area contributed by atoms with Gasteiger partial charge in [-0.3, -0.25) is 9.59 Å². The van der Waals surface area contributed by atoms with Crippen molar-refractivity contribution in [1.82, 2.24) is 9.80 Å². The predicted molar refractivity (Wildman–Crippen MR) is 242 cm³/mol. The summed E-state index contributed by atoms with van der Waals surface area (Å²) in [5.41, 5.74) is 5.57. The Bertz CT molecular complexity index is 2230. The maximum atomic E-state index is 13.9. The summed E-state index contributed by atoms with van der Waals surface area (Å²) in [5.74, 6) is -1.60. The van der Waals surface area contributed by atoms with Gasteiger partial charge in [0.15, 0.2) is 0 Å². The lowest BCUT2D eigenvalue weighted by Crippen LogP contribution is -2.49. The van der Waals surface area contributed by atoms with Crippen LogP contribution < -0.4 is 9.47 Å². The van der Waals surface area contributed by atoms with Gasteiger partial charge in [-0.1, -0.05) is 46.6 Å². The van der Waals surface area contributed by atoms with Crippen LogP contribution in [-0.2, 0) is 30.7 Å². The van der Waals surface area contributed by atoms with Gasteiger partial charge in [-0.05, 0) is 132 Å². The molecule has 2 amide bonds. The number of amides is 2. The molecule has 1 unspecified atom stereocenters. The van der Waals surface area contributed by atoms with Crippen LogP contribution in [0.4, 0.5) is 0 Å².